The van der Waals surface area contributed by atoms with Gasteiger partial charge in [-0.15, -0.1) is 0 Å². The Kier molecular flexibility index (Phi) is 4.51. The number of phenols is 1. The van der Waals surface area contributed by atoms with Gasteiger partial charge in [0, 0.05) is 25.2 Å². The Hall–Kier alpha value is -3.22. The number of aromatic hydroxyl groups is 1. The Morgan fingerprint density at radius 3 is 2.71 bits per heavy atom. The monoisotopic (exact) mass is 323 g/mol. The molecule has 1 amide bonds. The molecule has 0 bridgehead atoms. The Morgan fingerprint density at radius 1 is 1.25 bits per heavy atom. The van der Waals surface area contributed by atoms with Crippen molar-refractivity contribution in [3.63, 3.8) is 0 Å². The highest BCUT2D eigenvalue weighted by Gasteiger charge is 2.07. The molecule has 0 unspecified atom stereocenters. The SMILES string of the molecule is Cn1cc(CCC(=O)Nc2cnc(-c3cccc(O)c3)nc2)cn1. The third-order valence-corrected chi connectivity index (χ3v) is 3.44. The van der Waals surface area contributed by atoms with Gasteiger partial charge in [-0.05, 0) is 24.1 Å². The van der Waals surface area contributed by atoms with Crippen molar-refractivity contribution in [2.24, 2.45) is 7.05 Å². The predicted octanol–water partition coefficient (Wildman–Crippen LogP) is 2.15. The molecular formula is C17H17N5O2. The first-order valence-corrected chi connectivity index (χ1v) is 7.49. The van der Waals surface area contributed by atoms with Crippen molar-refractivity contribution in [3.05, 3.63) is 54.6 Å². The summed E-state index contributed by atoms with van der Waals surface area (Å²) in [6.07, 6.45) is 7.73. The summed E-state index contributed by atoms with van der Waals surface area (Å²) in [5, 5.41) is 16.3. The average Bonchev–Trinajstić information content (AvgIpc) is 2.99. The number of aryl methyl sites for hydroxylation is 2. The van der Waals surface area contributed by atoms with Gasteiger partial charge in [-0.2, -0.15) is 5.10 Å². The lowest BCUT2D eigenvalue weighted by atomic mass is 10.2. The summed E-state index contributed by atoms with van der Waals surface area (Å²) in [4.78, 5) is 20.4. The molecule has 0 atom stereocenters. The number of nitrogens with one attached hydrogen (secondary N) is 1. The maximum absolute atomic E-state index is 12.0. The van der Waals surface area contributed by atoms with E-state index in [4.69, 9.17) is 0 Å². The standard InChI is InChI=1S/C17H17N5O2/c1-22-11-12(8-20-22)5-6-16(24)21-14-9-18-17(19-10-14)13-3-2-4-15(23)7-13/h2-4,7-11,23H,5-6H2,1H3,(H,21,24). The van der Waals surface area contributed by atoms with Crippen LogP contribution in [0.15, 0.2) is 49.1 Å². The molecule has 2 N–H and O–H groups in total. The van der Waals surface area contributed by atoms with E-state index in [1.54, 1.807) is 47.5 Å². The first kappa shape index (κ1) is 15.7. The molecule has 24 heavy (non-hydrogen) atoms. The molecule has 1 aromatic carbocycles. The minimum Gasteiger partial charge on any atom is -0.508 e. The van der Waals surface area contributed by atoms with Crippen LogP contribution < -0.4 is 5.32 Å². The van der Waals surface area contributed by atoms with Crippen LogP contribution in [-0.4, -0.2) is 30.8 Å². The number of phenolic OH excluding ortho intramolecular Hbond substituents is 1. The molecule has 0 aliphatic heterocycles. The van der Waals surface area contributed by atoms with Crippen molar-refractivity contribution >= 4 is 11.6 Å². The molecular weight excluding hydrogens is 306 g/mol. The van der Waals surface area contributed by atoms with Crippen LogP contribution in [-0.2, 0) is 18.3 Å². The second kappa shape index (κ2) is 6.91. The number of nitrogens with zero attached hydrogens (tertiary/aromatic N) is 4. The second-order valence-corrected chi connectivity index (χ2v) is 5.42. The maximum Gasteiger partial charge on any atom is 0.224 e. The molecule has 7 heteroatoms. The number of hydrogen-bond acceptors (Lipinski definition) is 5. The Balaban J connectivity index is 1.58. The van der Waals surface area contributed by atoms with Crippen molar-refractivity contribution < 1.29 is 9.90 Å². The number of carbonyl (C=O) groups excluding carboxylic acids is 1. The first-order valence-electron chi connectivity index (χ1n) is 7.49. The summed E-state index contributed by atoms with van der Waals surface area (Å²) in [6, 6.07) is 6.70. The zero-order valence-corrected chi connectivity index (χ0v) is 13.2. The molecule has 3 aromatic rings. The molecule has 3 rings (SSSR count). The lowest BCUT2D eigenvalue weighted by Gasteiger charge is -2.05. The zero-order valence-electron chi connectivity index (χ0n) is 13.2. The molecule has 0 saturated carbocycles. The molecule has 0 fully saturated rings. The second-order valence-electron chi connectivity index (χ2n) is 5.42. The number of rotatable bonds is 5. The average molecular weight is 323 g/mol. The van der Waals surface area contributed by atoms with Gasteiger partial charge in [-0.1, -0.05) is 12.1 Å². The van der Waals surface area contributed by atoms with Crippen LogP contribution in [0.25, 0.3) is 11.4 Å². The number of carbonyl (C=O) groups is 1. The number of amides is 1. The fraction of sp³-hybridized carbons (Fsp3) is 0.176. The summed E-state index contributed by atoms with van der Waals surface area (Å²) >= 11 is 0. The van der Waals surface area contributed by atoms with Crippen molar-refractivity contribution in [2.45, 2.75) is 12.8 Å². The lowest BCUT2D eigenvalue weighted by molar-refractivity contribution is -0.116. The minimum absolute atomic E-state index is 0.104. The van der Waals surface area contributed by atoms with Crippen LogP contribution in [0.5, 0.6) is 5.75 Å². The Bertz CT molecular complexity index is 842. The number of hydrogen-bond donors (Lipinski definition) is 2. The summed E-state index contributed by atoms with van der Waals surface area (Å²) < 4.78 is 1.71. The van der Waals surface area contributed by atoms with Crippen molar-refractivity contribution in [1.82, 2.24) is 19.7 Å². The van der Waals surface area contributed by atoms with E-state index in [2.05, 4.69) is 20.4 Å². The molecule has 0 aliphatic carbocycles. The summed E-state index contributed by atoms with van der Waals surface area (Å²) in [7, 11) is 1.84. The quantitative estimate of drug-likeness (QED) is 0.750. The van der Waals surface area contributed by atoms with Crippen LogP contribution in [0.2, 0.25) is 0 Å². The molecule has 0 saturated heterocycles. The molecule has 122 valence electrons. The molecule has 0 aliphatic rings. The lowest BCUT2D eigenvalue weighted by Crippen LogP contribution is -2.12. The van der Waals surface area contributed by atoms with Gasteiger partial charge >= 0.3 is 0 Å². The van der Waals surface area contributed by atoms with Crippen molar-refractivity contribution in [3.8, 4) is 17.1 Å². The van der Waals surface area contributed by atoms with Gasteiger partial charge in [0.05, 0.1) is 24.3 Å². The van der Waals surface area contributed by atoms with Gasteiger partial charge in [-0.25, -0.2) is 9.97 Å². The summed E-state index contributed by atoms with van der Waals surface area (Å²) in [5.74, 6) is 0.538. The normalized spacial score (nSPS) is 10.5. The maximum atomic E-state index is 12.0. The van der Waals surface area contributed by atoms with E-state index in [-0.39, 0.29) is 11.7 Å². The number of benzene rings is 1. The van der Waals surface area contributed by atoms with Crippen molar-refractivity contribution in [2.75, 3.05) is 5.32 Å². The zero-order chi connectivity index (χ0) is 16.9. The molecule has 2 aromatic heterocycles. The van der Waals surface area contributed by atoms with E-state index in [0.29, 0.717) is 29.9 Å². The van der Waals surface area contributed by atoms with Gasteiger partial charge in [0.2, 0.25) is 5.91 Å². The van der Waals surface area contributed by atoms with Gasteiger partial charge in [0.1, 0.15) is 5.75 Å². The summed E-state index contributed by atoms with van der Waals surface area (Å²) in [6.45, 7) is 0. The van der Waals surface area contributed by atoms with E-state index in [1.165, 1.54) is 0 Å². The highest BCUT2D eigenvalue weighted by molar-refractivity contribution is 5.90. The highest BCUT2D eigenvalue weighted by atomic mass is 16.3. The summed E-state index contributed by atoms with van der Waals surface area (Å²) in [5.41, 5.74) is 2.27. The number of anilines is 1. The van der Waals surface area contributed by atoms with E-state index in [9.17, 15) is 9.90 Å². The van der Waals surface area contributed by atoms with Crippen LogP contribution in [0.3, 0.4) is 0 Å². The van der Waals surface area contributed by atoms with Gasteiger partial charge in [-0.3, -0.25) is 9.48 Å². The molecule has 0 radical (unpaired) electrons. The van der Waals surface area contributed by atoms with Crippen LogP contribution in [0, 0.1) is 0 Å². The molecule has 7 nitrogen and oxygen atoms in total. The van der Waals surface area contributed by atoms with E-state index >= 15 is 0 Å². The van der Waals surface area contributed by atoms with Gasteiger partial charge in [0.25, 0.3) is 0 Å². The van der Waals surface area contributed by atoms with E-state index < -0.39 is 0 Å². The van der Waals surface area contributed by atoms with Gasteiger partial charge in [0.15, 0.2) is 5.82 Å². The number of aromatic nitrogens is 4. The Morgan fingerprint density at radius 2 is 2.04 bits per heavy atom. The van der Waals surface area contributed by atoms with E-state index in [0.717, 1.165) is 5.56 Å². The molecule has 0 spiro atoms. The third kappa shape index (κ3) is 3.95. The van der Waals surface area contributed by atoms with Crippen LogP contribution in [0.1, 0.15) is 12.0 Å². The fourth-order valence-electron chi connectivity index (χ4n) is 2.27. The van der Waals surface area contributed by atoms with Crippen LogP contribution >= 0.6 is 0 Å². The third-order valence-electron chi connectivity index (χ3n) is 3.44. The highest BCUT2D eigenvalue weighted by Crippen LogP contribution is 2.20. The van der Waals surface area contributed by atoms with Crippen LogP contribution in [0.4, 0.5) is 5.69 Å². The smallest absolute Gasteiger partial charge is 0.224 e. The topological polar surface area (TPSA) is 92.9 Å². The van der Waals surface area contributed by atoms with Gasteiger partial charge < -0.3 is 10.4 Å². The van der Waals surface area contributed by atoms with Crippen molar-refractivity contribution in [1.29, 1.82) is 0 Å². The molecule has 2 heterocycles. The fourth-order valence-corrected chi connectivity index (χ4v) is 2.27. The largest absolute Gasteiger partial charge is 0.508 e. The van der Waals surface area contributed by atoms with E-state index in [1.807, 2.05) is 13.2 Å². The first-order chi connectivity index (χ1) is 11.6. The Labute approximate surface area is 139 Å². The predicted molar refractivity (Wildman–Crippen MR) is 89.3 cm³/mol. The minimum atomic E-state index is -0.104.